The molecule has 3 amide bonds. The molecule has 1 heterocycles. The molecule has 1 aromatic rings. The second kappa shape index (κ2) is 5.59. The van der Waals surface area contributed by atoms with Crippen LogP contribution in [-0.2, 0) is 4.79 Å². The minimum Gasteiger partial charge on any atom is -0.481 e. The van der Waals surface area contributed by atoms with Gasteiger partial charge in [0, 0.05) is 18.7 Å². The number of nitrogens with zero attached hydrogens (tertiary/aromatic N) is 1. The first-order valence-corrected chi connectivity index (χ1v) is 6.74. The Balaban J connectivity index is 2.22. The maximum Gasteiger partial charge on any atom is 0.308 e. The normalized spacial score (nSPS) is 16.2. The van der Waals surface area contributed by atoms with E-state index < -0.39 is 35.7 Å². The van der Waals surface area contributed by atoms with Crippen LogP contribution in [0, 0.1) is 5.92 Å². The van der Waals surface area contributed by atoms with Gasteiger partial charge in [-0.15, -0.1) is 0 Å². The summed E-state index contributed by atoms with van der Waals surface area (Å²) in [6, 6.07) is 3.65. The third-order valence-corrected chi connectivity index (χ3v) is 3.85. The molecule has 1 aliphatic heterocycles. The number of rotatable bonds is 4. The Morgan fingerprint density at radius 3 is 2.32 bits per heavy atom. The summed E-state index contributed by atoms with van der Waals surface area (Å²) in [6.07, 6.45) is 0. The SMILES string of the molecule is CC(NC(=O)c1ccc2c(c1)C(=O)N(C)C2=O)C(C)C(=O)O. The van der Waals surface area contributed by atoms with Crippen LogP contribution in [0.1, 0.15) is 44.9 Å². The number of nitrogens with one attached hydrogen (secondary N) is 1. The molecular weight excluding hydrogens is 288 g/mol. The molecule has 1 aromatic carbocycles. The van der Waals surface area contributed by atoms with Crippen molar-refractivity contribution in [1.82, 2.24) is 10.2 Å². The van der Waals surface area contributed by atoms with E-state index in [1.54, 1.807) is 6.92 Å². The first-order chi connectivity index (χ1) is 10.2. The van der Waals surface area contributed by atoms with Crippen LogP contribution >= 0.6 is 0 Å². The molecule has 2 N–H and O–H groups in total. The Kier molecular flexibility index (Phi) is 3.99. The van der Waals surface area contributed by atoms with Crippen molar-refractivity contribution in [2.45, 2.75) is 19.9 Å². The minimum atomic E-state index is -1.01. The van der Waals surface area contributed by atoms with E-state index in [4.69, 9.17) is 5.11 Å². The van der Waals surface area contributed by atoms with Gasteiger partial charge in [0.15, 0.2) is 0 Å². The molecule has 1 aliphatic rings. The predicted octanol–water partition coefficient (Wildman–Crippen LogP) is 0.751. The molecule has 116 valence electrons. The zero-order valence-electron chi connectivity index (χ0n) is 12.4. The van der Waals surface area contributed by atoms with Crippen LogP contribution in [0.2, 0.25) is 0 Å². The molecule has 0 spiro atoms. The minimum absolute atomic E-state index is 0.180. The molecule has 0 fully saturated rings. The number of aliphatic carboxylic acids is 1. The van der Waals surface area contributed by atoms with Gasteiger partial charge in [-0.3, -0.25) is 24.1 Å². The van der Waals surface area contributed by atoms with Gasteiger partial charge in [-0.25, -0.2) is 0 Å². The Bertz CT molecular complexity index is 683. The predicted molar refractivity (Wildman–Crippen MR) is 76.6 cm³/mol. The number of hydrogen-bond acceptors (Lipinski definition) is 4. The van der Waals surface area contributed by atoms with Gasteiger partial charge in [-0.05, 0) is 32.0 Å². The fourth-order valence-corrected chi connectivity index (χ4v) is 2.13. The molecule has 0 saturated carbocycles. The van der Waals surface area contributed by atoms with Crippen LogP contribution in [0.5, 0.6) is 0 Å². The topological polar surface area (TPSA) is 104 Å². The van der Waals surface area contributed by atoms with Gasteiger partial charge in [0.25, 0.3) is 17.7 Å². The number of carboxylic acids is 1. The molecule has 0 radical (unpaired) electrons. The number of carbonyl (C=O) groups is 4. The van der Waals surface area contributed by atoms with Crippen molar-refractivity contribution in [3.8, 4) is 0 Å². The Morgan fingerprint density at radius 2 is 1.73 bits per heavy atom. The fourth-order valence-electron chi connectivity index (χ4n) is 2.13. The van der Waals surface area contributed by atoms with Crippen molar-refractivity contribution in [3.05, 3.63) is 34.9 Å². The lowest BCUT2D eigenvalue weighted by molar-refractivity contribution is -0.141. The van der Waals surface area contributed by atoms with Crippen LogP contribution < -0.4 is 5.32 Å². The highest BCUT2D eigenvalue weighted by Gasteiger charge is 2.33. The van der Waals surface area contributed by atoms with Crippen LogP contribution in [0.15, 0.2) is 18.2 Å². The molecule has 0 saturated heterocycles. The van der Waals surface area contributed by atoms with Crippen molar-refractivity contribution >= 4 is 23.7 Å². The van der Waals surface area contributed by atoms with E-state index in [0.29, 0.717) is 0 Å². The van der Waals surface area contributed by atoms with E-state index in [9.17, 15) is 19.2 Å². The number of carboxylic acid groups (broad SMARTS) is 1. The van der Waals surface area contributed by atoms with Gasteiger partial charge in [-0.1, -0.05) is 0 Å². The molecule has 7 nitrogen and oxygen atoms in total. The summed E-state index contributed by atoms with van der Waals surface area (Å²) in [5.74, 6) is -3.10. The summed E-state index contributed by atoms with van der Waals surface area (Å²) in [5.41, 5.74) is 0.648. The Labute approximate surface area is 126 Å². The van der Waals surface area contributed by atoms with Crippen molar-refractivity contribution < 1.29 is 24.3 Å². The molecule has 2 atom stereocenters. The molecule has 7 heteroatoms. The van der Waals surface area contributed by atoms with E-state index >= 15 is 0 Å². The Hall–Kier alpha value is -2.70. The highest BCUT2D eigenvalue weighted by Crippen LogP contribution is 2.22. The number of imide groups is 1. The lowest BCUT2D eigenvalue weighted by Crippen LogP contribution is -2.40. The molecule has 0 aliphatic carbocycles. The average molecular weight is 304 g/mol. The zero-order chi connectivity index (χ0) is 16.6. The first-order valence-electron chi connectivity index (χ1n) is 6.74. The molecule has 22 heavy (non-hydrogen) atoms. The van der Waals surface area contributed by atoms with E-state index in [-0.39, 0.29) is 16.7 Å². The van der Waals surface area contributed by atoms with E-state index in [0.717, 1.165) is 4.90 Å². The van der Waals surface area contributed by atoms with Crippen molar-refractivity contribution in [2.75, 3.05) is 7.05 Å². The monoisotopic (exact) mass is 304 g/mol. The second-order valence-electron chi connectivity index (χ2n) is 5.32. The van der Waals surface area contributed by atoms with Gasteiger partial charge in [0.1, 0.15) is 0 Å². The summed E-state index contributed by atoms with van der Waals surface area (Å²) in [5, 5.41) is 11.5. The number of fused-ring (bicyclic) bond motifs is 1. The quantitative estimate of drug-likeness (QED) is 0.799. The van der Waals surface area contributed by atoms with Gasteiger partial charge in [0.05, 0.1) is 17.0 Å². The maximum absolute atomic E-state index is 12.1. The third-order valence-electron chi connectivity index (χ3n) is 3.85. The third kappa shape index (κ3) is 2.57. The lowest BCUT2D eigenvalue weighted by atomic mass is 10.0. The number of hydrogen-bond donors (Lipinski definition) is 2. The number of carbonyl (C=O) groups excluding carboxylic acids is 3. The van der Waals surface area contributed by atoms with E-state index in [1.165, 1.54) is 32.2 Å². The van der Waals surface area contributed by atoms with Crippen molar-refractivity contribution in [3.63, 3.8) is 0 Å². The highest BCUT2D eigenvalue weighted by molar-refractivity contribution is 6.21. The van der Waals surface area contributed by atoms with Crippen LogP contribution in [0.4, 0.5) is 0 Å². The van der Waals surface area contributed by atoms with Crippen LogP contribution in [0.25, 0.3) is 0 Å². The van der Waals surface area contributed by atoms with Gasteiger partial charge < -0.3 is 10.4 Å². The van der Waals surface area contributed by atoms with Gasteiger partial charge >= 0.3 is 5.97 Å². The molecular formula is C15H16N2O5. The van der Waals surface area contributed by atoms with Crippen LogP contribution in [0.3, 0.4) is 0 Å². The second-order valence-corrected chi connectivity index (χ2v) is 5.32. The van der Waals surface area contributed by atoms with Crippen molar-refractivity contribution in [1.29, 1.82) is 0 Å². The van der Waals surface area contributed by atoms with E-state index in [2.05, 4.69) is 5.32 Å². The number of benzene rings is 1. The summed E-state index contributed by atoms with van der Waals surface area (Å²) in [7, 11) is 1.38. The first kappa shape index (κ1) is 15.7. The highest BCUT2D eigenvalue weighted by atomic mass is 16.4. The van der Waals surface area contributed by atoms with Crippen LogP contribution in [-0.4, -0.2) is 46.8 Å². The molecule has 0 bridgehead atoms. The number of amides is 3. The largest absolute Gasteiger partial charge is 0.481 e. The average Bonchev–Trinajstić information content (AvgIpc) is 2.70. The summed E-state index contributed by atoms with van der Waals surface area (Å²) >= 11 is 0. The van der Waals surface area contributed by atoms with Gasteiger partial charge in [-0.2, -0.15) is 0 Å². The molecule has 0 aromatic heterocycles. The Morgan fingerprint density at radius 1 is 1.14 bits per heavy atom. The summed E-state index contributed by atoms with van der Waals surface area (Å²) in [4.78, 5) is 47.7. The molecule has 2 unspecified atom stereocenters. The molecule has 2 rings (SSSR count). The summed E-state index contributed by atoms with van der Waals surface area (Å²) < 4.78 is 0. The van der Waals surface area contributed by atoms with Crippen molar-refractivity contribution in [2.24, 2.45) is 5.92 Å². The summed E-state index contributed by atoms with van der Waals surface area (Å²) in [6.45, 7) is 3.08. The smallest absolute Gasteiger partial charge is 0.308 e. The maximum atomic E-state index is 12.1. The van der Waals surface area contributed by atoms with Gasteiger partial charge in [0.2, 0.25) is 0 Å². The van der Waals surface area contributed by atoms with E-state index in [1.807, 2.05) is 0 Å². The standard InChI is InChI=1S/C15H16N2O5/c1-7(15(21)22)8(2)16-12(18)9-4-5-10-11(6-9)14(20)17(3)13(10)19/h4-8H,1-3H3,(H,16,18)(H,21,22). The zero-order valence-corrected chi connectivity index (χ0v) is 12.4. The lowest BCUT2D eigenvalue weighted by Gasteiger charge is -2.17. The fraction of sp³-hybridized carbons (Fsp3) is 0.333.